The van der Waals surface area contributed by atoms with E-state index in [9.17, 15) is 0 Å². The quantitative estimate of drug-likeness (QED) is 0.251. The Kier molecular flexibility index (Phi) is 5.51. The van der Waals surface area contributed by atoms with Gasteiger partial charge in [-0.25, -0.2) is 9.97 Å². The molecule has 0 spiro atoms. The molecule has 0 atom stereocenters. The average molecular weight is 416 g/mol. The predicted molar refractivity (Wildman–Crippen MR) is 115 cm³/mol. The number of thiazole rings is 2. The second kappa shape index (κ2) is 8.20. The highest BCUT2D eigenvalue weighted by Gasteiger charge is 2.28. The van der Waals surface area contributed by atoms with Crippen molar-refractivity contribution >= 4 is 45.3 Å². The average Bonchev–Trinajstić information content (AvgIpc) is 3.36. The van der Waals surface area contributed by atoms with Gasteiger partial charge in [-0.05, 0) is 12.1 Å². The molecule has 0 aliphatic carbocycles. The topological polar surface area (TPSA) is 63.5 Å². The smallest absolute Gasteiger partial charge is 0.137 e. The van der Waals surface area contributed by atoms with Crippen molar-refractivity contribution < 1.29 is 4.84 Å². The summed E-state index contributed by atoms with van der Waals surface area (Å²) in [5.41, 5.74) is 2.80. The number of rotatable bonds is 6. The van der Waals surface area contributed by atoms with Crippen molar-refractivity contribution in [2.24, 2.45) is 5.16 Å². The van der Waals surface area contributed by atoms with Crippen LogP contribution in [0, 0.1) is 0 Å². The molecule has 138 valence electrons. The van der Waals surface area contributed by atoms with Crippen LogP contribution < -0.4 is 4.31 Å². The molecule has 3 aromatic rings. The van der Waals surface area contributed by atoms with Crippen LogP contribution in [-0.2, 0) is 4.84 Å². The van der Waals surface area contributed by atoms with Crippen LogP contribution in [0.25, 0.3) is 20.5 Å². The molecule has 0 amide bonds. The molecular formula is C18H17N5OS3. The van der Waals surface area contributed by atoms with Crippen molar-refractivity contribution in [2.45, 2.75) is 6.42 Å². The number of hydrogen-bond donors (Lipinski definition) is 0. The molecule has 0 fully saturated rings. The summed E-state index contributed by atoms with van der Waals surface area (Å²) in [6, 6.07) is 3.93. The summed E-state index contributed by atoms with van der Waals surface area (Å²) >= 11 is 4.99. The van der Waals surface area contributed by atoms with Crippen LogP contribution in [0.15, 0.2) is 48.5 Å². The second-order valence-corrected chi connectivity index (χ2v) is 8.42. The maximum absolute atomic E-state index is 5.32. The van der Waals surface area contributed by atoms with E-state index in [0.717, 1.165) is 49.8 Å². The third-order valence-corrected chi connectivity index (χ3v) is 7.09. The van der Waals surface area contributed by atoms with Gasteiger partial charge in [-0.2, -0.15) is 0 Å². The van der Waals surface area contributed by atoms with Crippen molar-refractivity contribution in [3.8, 4) is 20.5 Å². The van der Waals surface area contributed by atoms with E-state index in [1.165, 1.54) is 0 Å². The Balaban J connectivity index is 1.68. The number of fused-ring (bicyclic) bond motifs is 1. The Labute approximate surface area is 169 Å². The summed E-state index contributed by atoms with van der Waals surface area (Å²) in [6.07, 6.45) is 10.0. The van der Waals surface area contributed by atoms with E-state index in [0.29, 0.717) is 6.61 Å². The van der Waals surface area contributed by atoms with Gasteiger partial charge >= 0.3 is 0 Å². The Hall–Kier alpha value is -2.23. The lowest BCUT2D eigenvalue weighted by molar-refractivity contribution is 0.174. The van der Waals surface area contributed by atoms with Crippen molar-refractivity contribution in [1.29, 1.82) is 0 Å². The molecular weight excluding hydrogens is 398 g/mol. The number of oxime groups is 1. The lowest BCUT2D eigenvalue weighted by atomic mass is 10.1. The van der Waals surface area contributed by atoms with E-state index < -0.39 is 0 Å². The minimum absolute atomic E-state index is 0.394. The molecule has 4 heterocycles. The van der Waals surface area contributed by atoms with Gasteiger partial charge in [0, 0.05) is 43.4 Å². The molecule has 0 radical (unpaired) electrons. The van der Waals surface area contributed by atoms with Crippen LogP contribution in [0.4, 0.5) is 5.00 Å². The van der Waals surface area contributed by atoms with Gasteiger partial charge in [0.1, 0.15) is 33.0 Å². The van der Waals surface area contributed by atoms with Crippen LogP contribution in [0.2, 0.25) is 0 Å². The van der Waals surface area contributed by atoms with Crippen molar-refractivity contribution in [1.82, 2.24) is 15.0 Å². The highest BCUT2D eigenvalue weighted by Crippen LogP contribution is 2.42. The van der Waals surface area contributed by atoms with E-state index in [-0.39, 0.29) is 0 Å². The molecule has 0 unspecified atom stereocenters. The van der Waals surface area contributed by atoms with E-state index >= 15 is 0 Å². The van der Waals surface area contributed by atoms with Crippen LogP contribution in [0.1, 0.15) is 12.1 Å². The molecule has 9 heteroatoms. The Morgan fingerprint density at radius 3 is 3.07 bits per heavy atom. The standard InChI is InChI=1S/C18H17N5OS3/c1-3-9-24-22-13-6-8-23(25-2)18-15(13)21-17(27-18)14-11-20-16(26-14)12-5-4-7-19-10-12/h3-5,7,10-11H,1,6,8-9H2,2H3/b22-13+. The highest BCUT2D eigenvalue weighted by atomic mass is 32.2. The van der Waals surface area contributed by atoms with Crippen LogP contribution in [0.3, 0.4) is 0 Å². The van der Waals surface area contributed by atoms with E-state index in [1.54, 1.807) is 46.9 Å². The van der Waals surface area contributed by atoms with Crippen molar-refractivity contribution in [3.05, 3.63) is 49.1 Å². The number of anilines is 1. The highest BCUT2D eigenvalue weighted by molar-refractivity contribution is 8.00. The summed E-state index contributed by atoms with van der Waals surface area (Å²) in [5, 5.41) is 7.28. The fraction of sp³-hybridized carbons (Fsp3) is 0.222. The minimum atomic E-state index is 0.394. The van der Waals surface area contributed by atoms with Gasteiger partial charge in [-0.15, -0.1) is 11.3 Å². The predicted octanol–water partition coefficient (Wildman–Crippen LogP) is 4.72. The fourth-order valence-corrected chi connectivity index (χ4v) is 5.46. The maximum atomic E-state index is 5.32. The normalized spacial score (nSPS) is 15.0. The number of aromatic nitrogens is 3. The molecule has 0 bridgehead atoms. The molecule has 0 saturated carbocycles. The second-order valence-electron chi connectivity index (χ2n) is 5.60. The third-order valence-electron chi connectivity index (χ3n) is 3.87. The van der Waals surface area contributed by atoms with E-state index in [2.05, 4.69) is 32.3 Å². The van der Waals surface area contributed by atoms with Gasteiger partial charge in [0.05, 0.1) is 4.88 Å². The molecule has 1 aliphatic rings. The summed E-state index contributed by atoms with van der Waals surface area (Å²) in [4.78, 5) is 19.9. The first-order valence-electron chi connectivity index (χ1n) is 8.29. The number of pyridine rings is 1. The van der Waals surface area contributed by atoms with Crippen molar-refractivity contribution in [3.63, 3.8) is 0 Å². The maximum Gasteiger partial charge on any atom is 0.137 e. The van der Waals surface area contributed by atoms with Gasteiger partial charge in [0.25, 0.3) is 0 Å². The van der Waals surface area contributed by atoms with Crippen molar-refractivity contribution in [2.75, 3.05) is 23.7 Å². The van der Waals surface area contributed by atoms with E-state index in [4.69, 9.17) is 9.82 Å². The fourth-order valence-electron chi connectivity index (χ4n) is 2.63. The summed E-state index contributed by atoms with van der Waals surface area (Å²) in [7, 11) is 0. The SMILES string of the molecule is C=CCO/N=C1\CCN(SC)c2sc(-c3cnc(-c4cccnc4)s3)nc21. The monoisotopic (exact) mass is 415 g/mol. The molecule has 0 aromatic carbocycles. The zero-order valence-corrected chi connectivity index (χ0v) is 17.1. The van der Waals surface area contributed by atoms with Gasteiger partial charge < -0.3 is 9.14 Å². The number of nitrogens with zero attached hydrogens (tertiary/aromatic N) is 5. The molecule has 3 aromatic heterocycles. The Bertz CT molecular complexity index is 967. The third kappa shape index (κ3) is 3.76. The molecule has 6 nitrogen and oxygen atoms in total. The zero-order valence-electron chi connectivity index (χ0n) is 14.7. The van der Waals surface area contributed by atoms with E-state index in [1.807, 2.05) is 24.5 Å². The van der Waals surface area contributed by atoms with Gasteiger partial charge in [-0.1, -0.05) is 41.1 Å². The van der Waals surface area contributed by atoms with Crippen LogP contribution in [-0.4, -0.2) is 40.1 Å². The Morgan fingerprint density at radius 2 is 2.30 bits per heavy atom. The Morgan fingerprint density at radius 1 is 1.37 bits per heavy atom. The minimum Gasteiger partial charge on any atom is -0.391 e. The molecule has 0 saturated heterocycles. The first-order valence-corrected chi connectivity index (χ1v) is 11.1. The summed E-state index contributed by atoms with van der Waals surface area (Å²) in [6.45, 7) is 4.93. The first-order chi connectivity index (χ1) is 13.3. The van der Waals surface area contributed by atoms with Gasteiger partial charge in [0.2, 0.25) is 0 Å². The lowest BCUT2D eigenvalue weighted by Crippen LogP contribution is -2.25. The van der Waals surface area contributed by atoms with Gasteiger partial charge in [-0.3, -0.25) is 4.98 Å². The summed E-state index contributed by atoms with van der Waals surface area (Å²) < 4.78 is 2.26. The molecule has 0 N–H and O–H groups in total. The zero-order chi connectivity index (χ0) is 18.6. The van der Waals surface area contributed by atoms with Gasteiger partial charge in [0.15, 0.2) is 0 Å². The molecule has 4 rings (SSSR count). The number of hydrogen-bond acceptors (Lipinski definition) is 9. The molecule has 1 aliphatic heterocycles. The lowest BCUT2D eigenvalue weighted by Gasteiger charge is -2.25. The largest absolute Gasteiger partial charge is 0.391 e. The van der Waals surface area contributed by atoms with Crippen LogP contribution >= 0.6 is 34.6 Å². The summed E-state index contributed by atoms with van der Waals surface area (Å²) in [5.74, 6) is 0. The van der Waals surface area contributed by atoms with Crippen LogP contribution in [0.5, 0.6) is 0 Å². The first kappa shape index (κ1) is 18.1. The molecule has 27 heavy (non-hydrogen) atoms.